The molecule has 0 saturated heterocycles. The molecule has 4 heteroatoms. The van der Waals surface area contributed by atoms with Gasteiger partial charge in [-0.2, -0.15) is 0 Å². The average Bonchev–Trinajstić information content (AvgIpc) is 3.20. The molecule has 2 N–H and O–H groups in total. The van der Waals surface area contributed by atoms with E-state index in [4.69, 9.17) is 5.73 Å². The molecule has 1 fully saturated rings. The van der Waals surface area contributed by atoms with Crippen LogP contribution in [0.15, 0.2) is 24.3 Å². The number of nitrogens with two attached hydrogens (primary N) is 1. The molecule has 1 atom stereocenters. The third-order valence-electron chi connectivity index (χ3n) is 3.88. The lowest BCUT2D eigenvalue weighted by Gasteiger charge is -2.28. The molecular formula is C16H25ClN2O. The summed E-state index contributed by atoms with van der Waals surface area (Å²) in [6, 6.07) is 8.26. The van der Waals surface area contributed by atoms with E-state index in [1.807, 2.05) is 30.9 Å². The lowest BCUT2D eigenvalue weighted by molar-refractivity contribution is -0.134. The molecule has 0 spiro atoms. The van der Waals surface area contributed by atoms with Crippen LogP contribution in [0.3, 0.4) is 0 Å². The molecule has 1 aromatic rings. The van der Waals surface area contributed by atoms with Crippen molar-refractivity contribution in [1.29, 1.82) is 0 Å². The Labute approximate surface area is 127 Å². The number of nitrogens with zero attached hydrogens (tertiary/aromatic N) is 1. The van der Waals surface area contributed by atoms with E-state index in [0.29, 0.717) is 12.6 Å². The van der Waals surface area contributed by atoms with Crippen LogP contribution in [0.25, 0.3) is 0 Å². The van der Waals surface area contributed by atoms with Gasteiger partial charge in [0.1, 0.15) is 0 Å². The van der Waals surface area contributed by atoms with E-state index in [9.17, 15) is 4.79 Å². The molecule has 1 aromatic carbocycles. The summed E-state index contributed by atoms with van der Waals surface area (Å²) >= 11 is 0. The second-order valence-electron chi connectivity index (χ2n) is 5.89. The van der Waals surface area contributed by atoms with Crippen molar-refractivity contribution < 1.29 is 4.79 Å². The second kappa shape index (κ2) is 7.09. The number of carbonyl (C=O) groups excluding carboxylic acids is 1. The molecule has 0 radical (unpaired) electrons. The second-order valence-corrected chi connectivity index (χ2v) is 5.89. The van der Waals surface area contributed by atoms with Gasteiger partial charge >= 0.3 is 0 Å². The van der Waals surface area contributed by atoms with E-state index >= 15 is 0 Å². The minimum absolute atomic E-state index is 0. The minimum Gasteiger partial charge on any atom is -0.334 e. The first-order valence-corrected chi connectivity index (χ1v) is 7.11. The maximum Gasteiger partial charge on any atom is 0.240 e. The van der Waals surface area contributed by atoms with Gasteiger partial charge in [-0.25, -0.2) is 0 Å². The summed E-state index contributed by atoms with van der Waals surface area (Å²) in [7, 11) is 0. The average molecular weight is 297 g/mol. The summed E-state index contributed by atoms with van der Waals surface area (Å²) in [5, 5.41) is 0. The molecule has 0 unspecified atom stereocenters. The van der Waals surface area contributed by atoms with Crippen LogP contribution in [-0.4, -0.2) is 22.9 Å². The number of aryl methyl sites for hydroxylation is 1. The standard InChI is InChI=1S/C16H24N2O.ClH/c1-11(2)15(17)16(19)18(14-8-9-14)10-13-7-5-4-6-12(13)3;/h4-7,11,14-15H,8-10,17H2,1-3H3;1H/t15-;/m0./s1. The van der Waals surface area contributed by atoms with Gasteiger partial charge in [0.25, 0.3) is 0 Å². The fraction of sp³-hybridized carbons (Fsp3) is 0.562. The van der Waals surface area contributed by atoms with Gasteiger partial charge in [0.15, 0.2) is 0 Å². The van der Waals surface area contributed by atoms with Crippen molar-refractivity contribution >= 4 is 18.3 Å². The van der Waals surface area contributed by atoms with Gasteiger partial charge in [-0.05, 0) is 36.8 Å². The molecule has 0 bridgehead atoms. The minimum atomic E-state index is -0.385. The topological polar surface area (TPSA) is 46.3 Å². The Bertz CT molecular complexity index is 458. The molecule has 1 saturated carbocycles. The van der Waals surface area contributed by atoms with E-state index in [1.54, 1.807) is 0 Å². The molecule has 1 aliphatic carbocycles. The zero-order chi connectivity index (χ0) is 14.0. The summed E-state index contributed by atoms with van der Waals surface area (Å²) < 4.78 is 0. The van der Waals surface area contributed by atoms with Gasteiger partial charge in [-0.15, -0.1) is 12.4 Å². The number of halogens is 1. The number of carbonyl (C=O) groups is 1. The van der Waals surface area contributed by atoms with Gasteiger partial charge in [0.05, 0.1) is 6.04 Å². The molecule has 1 aliphatic rings. The van der Waals surface area contributed by atoms with Gasteiger partial charge in [-0.1, -0.05) is 38.1 Å². The Balaban J connectivity index is 0.00000200. The molecular weight excluding hydrogens is 272 g/mol. The quantitative estimate of drug-likeness (QED) is 0.908. The predicted octanol–water partition coefficient (Wildman–Crippen LogP) is 2.89. The first-order valence-electron chi connectivity index (χ1n) is 7.11. The van der Waals surface area contributed by atoms with Gasteiger partial charge < -0.3 is 10.6 Å². The Morgan fingerprint density at radius 2 is 1.95 bits per heavy atom. The van der Waals surface area contributed by atoms with Crippen molar-refractivity contribution in [2.24, 2.45) is 11.7 Å². The Morgan fingerprint density at radius 3 is 2.45 bits per heavy atom. The van der Waals surface area contributed by atoms with Crippen LogP contribution >= 0.6 is 12.4 Å². The van der Waals surface area contributed by atoms with Gasteiger partial charge in [0.2, 0.25) is 5.91 Å². The number of hydrogen-bond donors (Lipinski definition) is 1. The van der Waals surface area contributed by atoms with E-state index in [2.05, 4.69) is 19.1 Å². The van der Waals surface area contributed by atoms with Crippen LogP contribution in [-0.2, 0) is 11.3 Å². The first kappa shape index (κ1) is 17.0. The maximum atomic E-state index is 12.5. The summed E-state index contributed by atoms with van der Waals surface area (Å²) in [5.41, 5.74) is 8.48. The molecule has 112 valence electrons. The van der Waals surface area contributed by atoms with Crippen molar-refractivity contribution in [3.8, 4) is 0 Å². The number of benzene rings is 1. The van der Waals surface area contributed by atoms with Gasteiger partial charge in [-0.3, -0.25) is 4.79 Å². The summed E-state index contributed by atoms with van der Waals surface area (Å²) in [6.45, 7) is 6.78. The van der Waals surface area contributed by atoms with E-state index < -0.39 is 0 Å². The molecule has 1 amide bonds. The number of rotatable bonds is 5. The lowest BCUT2D eigenvalue weighted by atomic mass is 10.0. The largest absolute Gasteiger partial charge is 0.334 e. The molecule has 3 nitrogen and oxygen atoms in total. The van der Waals surface area contributed by atoms with Crippen molar-refractivity contribution in [3.63, 3.8) is 0 Å². The summed E-state index contributed by atoms with van der Waals surface area (Å²) in [5.74, 6) is 0.284. The van der Waals surface area contributed by atoms with Crippen LogP contribution in [0.1, 0.15) is 37.8 Å². The van der Waals surface area contributed by atoms with Crippen molar-refractivity contribution in [2.75, 3.05) is 0 Å². The third-order valence-corrected chi connectivity index (χ3v) is 3.88. The highest BCUT2D eigenvalue weighted by molar-refractivity contribution is 5.85. The normalized spacial score (nSPS) is 15.7. The van der Waals surface area contributed by atoms with Crippen molar-refractivity contribution in [3.05, 3.63) is 35.4 Å². The molecule has 20 heavy (non-hydrogen) atoms. The van der Waals surface area contributed by atoms with Crippen LogP contribution < -0.4 is 5.73 Å². The molecule has 2 rings (SSSR count). The smallest absolute Gasteiger partial charge is 0.240 e. The highest BCUT2D eigenvalue weighted by atomic mass is 35.5. The SMILES string of the molecule is Cc1ccccc1CN(C(=O)[C@@H](N)C(C)C)C1CC1.Cl. The monoisotopic (exact) mass is 296 g/mol. The third kappa shape index (κ3) is 3.97. The number of amides is 1. The highest BCUT2D eigenvalue weighted by Gasteiger charge is 2.35. The number of hydrogen-bond acceptors (Lipinski definition) is 2. The summed E-state index contributed by atoms with van der Waals surface area (Å²) in [4.78, 5) is 14.5. The lowest BCUT2D eigenvalue weighted by Crippen LogP contribution is -2.47. The zero-order valence-corrected chi connectivity index (χ0v) is 13.3. The molecule has 0 aromatic heterocycles. The Kier molecular flexibility index (Phi) is 6.03. The fourth-order valence-electron chi connectivity index (χ4n) is 2.22. The maximum absolute atomic E-state index is 12.5. The van der Waals surface area contributed by atoms with Crippen LogP contribution in [0.4, 0.5) is 0 Å². The highest BCUT2D eigenvalue weighted by Crippen LogP contribution is 2.29. The summed E-state index contributed by atoms with van der Waals surface area (Å²) in [6.07, 6.45) is 2.23. The molecule has 0 aliphatic heterocycles. The zero-order valence-electron chi connectivity index (χ0n) is 12.5. The van der Waals surface area contributed by atoms with Crippen LogP contribution in [0, 0.1) is 12.8 Å². The van der Waals surface area contributed by atoms with Crippen LogP contribution in [0.2, 0.25) is 0 Å². The Hall–Kier alpha value is -1.06. The first-order chi connectivity index (χ1) is 9.00. The fourth-order valence-corrected chi connectivity index (χ4v) is 2.22. The molecule has 0 heterocycles. The van der Waals surface area contributed by atoms with Crippen LogP contribution in [0.5, 0.6) is 0 Å². The van der Waals surface area contributed by atoms with Crippen molar-refractivity contribution in [2.45, 2.75) is 52.2 Å². The predicted molar refractivity (Wildman–Crippen MR) is 84.8 cm³/mol. The van der Waals surface area contributed by atoms with Crippen molar-refractivity contribution in [1.82, 2.24) is 4.90 Å². The van der Waals surface area contributed by atoms with E-state index in [1.165, 1.54) is 11.1 Å². The Morgan fingerprint density at radius 1 is 1.35 bits per heavy atom. The van der Waals surface area contributed by atoms with Gasteiger partial charge in [0, 0.05) is 12.6 Å². The van der Waals surface area contributed by atoms with E-state index in [-0.39, 0.29) is 30.3 Å². The van der Waals surface area contributed by atoms with E-state index in [0.717, 1.165) is 12.8 Å².